The van der Waals surface area contributed by atoms with Crippen molar-refractivity contribution >= 4 is 39.8 Å². The minimum atomic E-state index is 0.279. The van der Waals surface area contributed by atoms with Gasteiger partial charge in [0.05, 0.1) is 12.1 Å². The van der Waals surface area contributed by atoms with E-state index in [0.29, 0.717) is 11.8 Å². The molecule has 1 saturated heterocycles. The van der Waals surface area contributed by atoms with Crippen molar-refractivity contribution in [3.8, 4) is 22.3 Å². The molecule has 57 heavy (non-hydrogen) atoms. The van der Waals surface area contributed by atoms with E-state index in [4.69, 9.17) is 0 Å². The van der Waals surface area contributed by atoms with E-state index >= 15 is 0 Å². The fourth-order valence-electron chi connectivity index (χ4n) is 8.94. The number of hydrogen-bond donors (Lipinski definition) is 0. The molecule has 10 rings (SSSR count). The molecule has 0 spiro atoms. The first-order chi connectivity index (χ1) is 28.3. The molecule has 3 nitrogen and oxygen atoms in total. The average Bonchev–Trinajstić information content (AvgIpc) is 3.63. The molecule has 0 saturated carbocycles. The third-order valence-corrected chi connectivity index (χ3v) is 11.6. The zero-order valence-electron chi connectivity index (χ0n) is 31.7. The highest BCUT2D eigenvalue weighted by molar-refractivity contribution is 5.84. The van der Waals surface area contributed by atoms with Crippen molar-refractivity contribution in [3.05, 3.63) is 237 Å². The number of fused-ring (bicyclic) bond motifs is 3. The Morgan fingerprint density at radius 1 is 0.298 bits per heavy atom. The molecule has 274 valence electrons. The van der Waals surface area contributed by atoms with Gasteiger partial charge < -0.3 is 14.7 Å². The summed E-state index contributed by atoms with van der Waals surface area (Å²) >= 11 is 0. The summed E-state index contributed by atoms with van der Waals surface area (Å²) in [4.78, 5) is 7.29. The minimum Gasteiger partial charge on any atom is -0.357 e. The third-order valence-electron chi connectivity index (χ3n) is 11.6. The molecule has 0 bridgehead atoms. The zero-order chi connectivity index (χ0) is 38.0. The second-order valence-corrected chi connectivity index (χ2v) is 15.0. The summed E-state index contributed by atoms with van der Waals surface area (Å²) < 4.78 is 0. The third kappa shape index (κ3) is 6.68. The lowest BCUT2D eigenvalue weighted by atomic mass is 9.83. The van der Waals surface area contributed by atoms with Gasteiger partial charge in [0.15, 0.2) is 0 Å². The van der Waals surface area contributed by atoms with Crippen molar-refractivity contribution in [2.24, 2.45) is 11.8 Å². The van der Waals surface area contributed by atoms with E-state index in [1.807, 2.05) is 0 Å². The summed E-state index contributed by atoms with van der Waals surface area (Å²) in [5.41, 5.74) is 12.8. The van der Waals surface area contributed by atoms with Crippen molar-refractivity contribution < 1.29 is 0 Å². The molecule has 3 heteroatoms. The monoisotopic (exact) mass is 733 g/mol. The first-order valence-corrected chi connectivity index (χ1v) is 19.9. The zero-order valence-corrected chi connectivity index (χ0v) is 31.7. The topological polar surface area (TPSA) is 9.72 Å². The highest BCUT2D eigenvalue weighted by Gasteiger charge is 2.45. The Morgan fingerprint density at radius 2 is 0.614 bits per heavy atom. The fraction of sp³-hybridized carbons (Fsp3) is 0.0741. The van der Waals surface area contributed by atoms with E-state index in [1.54, 1.807) is 0 Å². The first-order valence-electron chi connectivity index (χ1n) is 19.9. The highest BCUT2D eigenvalue weighted by atomic mass is 15.2. The van der Waals surface area contributed by atoms with Crippen LogP contribution in [0.15, 0.2) is 237 Å². The summed E-state index contributed by atoms with van der Waals surface area (Å²) in [6, 6.07) is 68.3. The van der Waals surface area contributed by atoms with Gasteiger partial charge in [0, 0.05) is 51.6 Å². The maximum Gasteiger partial charge on any atom is 0.0551 e. The number of rotatable bonds is 9. The Morgan fingerprint density at radius 3 is 0.965 bits per heavy atom. The smallest absolute Gasteiger partial charge is 0.0551 e. The number of para-hydroxylation sites is 4. The van der Waals surface area contributed by atoms with Gasteiger partial charge in [0.25, 0.3) is 0 Å². The van der Waals surface area contributed by atoms with Gasteiger partial charge in [-0.15, -0.1) is 0 Å². The van der Waals surface area contributed by atoms with E-state index in [9.17, 15) is 0 Å². The van der Waals surface area contributed by atoms with E-state index in [1.165, 1.54) is 27.9 Å². The predicted octanol–water partition coefficient (Wildman–Crippen LogP) is 14.0. The highest BCUT2D eigenvalue weighted by Crippen LogP contribution is 2.46. The number of benzene rings is 7. The standard InChI is InChI=1S/C54H43N3/c1-5-17-44(18-6-1)55(45-19-7-2-8-20-45)48-33-29-40(30-34-48)42-37-43(39-50(38-42)57-53-27-15-13-25-51(53)52-26-14-16-28-54(52)57)41-31-35-49(36-32-41)56(46-21-9-3-10-22-46)47-23-11-4-12-24-47/h1-39,51-54H. The quantitative estimate of drug-likeness (QED) is 0.146. The van der Waals surface area contributed by atoms with Gasteiger partial charge in [-0.3, -0.25) is 0 Å². The number of hydrogen-bond acceptors (Lipinski definition) is 3. The molecular weight excluding hydrogens is 691 g/mol. The summed E-state index contributed by atoms with van der Waals surface area (Å²) in [5, 5.41) is 0. The van der Waals surface area contributed by atoms with Crippen LogP contribution in [0.25, 0.3) is 22.3 Å². The van der Waals surface area contributed by atoms with Crippen LogP contribution in [-0.4, -0.2) is 12.1 Å². The van der Waals surface area contributed by atoms with Crippen molar-refractivity contribution in [1.29, 1.82) is 0 Å². The van der Waals surface area contributed by atoms with Crippen LogP contribution in [0.1, 0.15) is 0 Å². The van der Waals surface area contributed by atoms with E-state index in [-0.39, 0.29) is 12.1 Å². The summed E-state index contributed by atoms with van der Waals surface area (Å²) in [6.07, 6.45) is 18.5. The molecule has 2 aliphatic carbocycles. The first kappa shape index (κ1) is 34.4. The van der Waals surface area contributed by atoms with Crippen LogP contribution in [0.3, 0.4) is 0 Å². The minimum absolute atomic E-state index is 0.279. The van der Waals surface area contributed by atoms with E-state index in [2.05, 4.69) is 251 Å². The summed E-state index contributed by atoms with van der Waals surface area (Å²) in [5.74, 6) is 0.853. The molecule has 0 amide bonds. The molecule has 1 aliphatic heterocycles. The molecule has 7 aromatic carbocycles. The van der Waals surface area contributed by atoms with Gasteiger partial charge in [-0.2, -0.15) is 0 Å². The molecular formula is C54H43N3. The predicted molar refractivity (Wildman–Crippen MR) is 240 cm³/mol. The number of anilines is 7. The van der Waals surface area contributed by atoms with E-state index in [0.717, 1.165) is 34.1 Å². The molecule has 7 aromatic rings. The Kier molecular flexibility index (Phi) is 9.18. The molecule has 4 atom stereocenters. The average molecular weight is 734 g/mol. The molecule has 3 aliphatic rings. The SMILES string of the molecule is C1=CC2C3C=CC=CC3N(c3cc(-c4ccc(N(c5ccccc5)c5ccccc5)cc4)cc(-c4ccc(N(c5ccccc5)c5ccccc5)cc4)c3)C2C=C1. The lowest BCUT2D eigenvalue weighted by molar-refractivity contribution is 0.527. The number of allylic oxidation sites excluding steroid dienone is 4. The van der Waals surface area contributed by atoms with Crippen LogP contribution >= 0.6 is 0 Å². The van der Waals surface area contributed by atoms with E-state index < -0.39 is 0 Å². The number of nitrogens with zero attached hydrogens (tertiary/aromatic N) is 3. The lowest BCUT2D eigenvalue weighted by Crippen LogP contribution is -2.36. The molecule has 1 fully saturated rings. The van der Waals surface area contributed by atoms with Crippen molar-refractivity contribution in [2.45, 2.75) is 12.1 Å². The Balaban J connectivity index is 1.07. The maximum atomic E-state index is 2.66. The van der Waals surface area contributed by atoms with Crippen molar-refractivity contribution in [1.82, 2.24) is 0 Å². The van der Waals surface area contributed by atoms with Gasteiger partial charge in [-0.05, 0) is 113 Å². The Hall–Kier alpha value is -7.10. The second-order valence-electron chi connectivity index (χ2n) is 15.0. The van der Waals surface area contributed by atoms with Gasteiger partial charge in [-0.25, -0.2) is 0 Å². The fourth-order valence-corrected chi connectivity index (χ4v) is 8.94. The van der Waals surface area contributed by atoms with Crippen LogP contribution in [0.5, 0.6) is 0 Å². The van der Waals surface area contributed by atoms with Crippen LogP contribution in [0, 0.1) is 11.8 Å². The molecule has 0 aromatic heterocycles. The Labute approximate surface area is 336 Å². The normalized spacial score (nSPS) is 18.9. The molecule has 4 unspecified atom stereocenters. The van der Waals surface area contributed by atoms with Gasteiger partial charge >= 0.3 is 0 Å². The lowest BCUT2D eigenvalue weighted by Gasteiger charge is -2.33. The summed E-state index contributed by atoms with van der Waals surface area (Å²) in [7, 11) is 0. The van der Waals surface area contributed by atoms with Crippen LogP contribution < -0.4 is 14.7 Å². The largest absolute Gasteiger partial charge is 0.357 e. The second kappa shape index (κ2) is 15.2. The van der Waals surface area contributed by atoms with Crippen LogP contribution in [-0.2, 0) is 0 Å². The van der Waals surface area contributed by atoms with Gasteiger partial charge in [-0.1, -0.05) is 146 Å². The van der Waals surface area contributed by atoms with Crippen LogP contribution in [0.2, 0.25) is 0 Å². The van der Waals surface area contributed by atoms with Crippen LogP contribution in [0.4, 0.5) is 39.8 Å². The Bertz CT molecular complexity index is 2320. The summed E-state index contributed by atoms with van der Waals surface area (Å²) in [6.45, 7) is 0. The van der Waals surface area contributed by atoms with Gasteiger partial charge in [0.2, 0.25) is 0 Å². The molecule has 0 radical (unpaired) electrons. The van der Waals surface area contributed by atoms with Crippen molar-refractivity contribution in [3.63, 3.8) is 0 Å². The van der Waals surface area contributed by atoms with Gasteiger partial charge in [0.1, 0.15) is 0 Å². The van der Waals surface area contributed by atoms with Crippen molar-refractivity contribution in [2.75, 3.05) is 14.7 Å². The molecule has 0 N–H and O–H groups in total. The maximum absolute atomic E-state index is 2.66. The molecule has 1 heterocycles.